The molecule has 2 fully saturated rings. The van der Waals surface area contributed by atoms with E-state index in [-0.39, 0.29) is 36.8 Å². The second kappa shape index (κ2) is 12.2. The third-order valence-corrected chi connectivity index (χ3v) is 7.62. The van der Waals surface area contributed by atoms with Gasteiger partial charge in [0.25, 0.3) is 0 Å². The van der Waals surface area contributed by atoms with Crippen molar-refractivity contribution < 1.29 is 19.0 Å². The SMILES string of the molecule is Cc1cc(N(C)C(=O)C2CCC(Oc3ccc(F)c(CCO)c3)CC2)ccc1CN1CCN[C@@H](C)C1. The average molecular weight is 498 g/mol. The van der Waals surface area contributed by atoms with Gasteiger partial charge in [-0.25, -0.2) is 4.39 Å². The number of anilines is 1. The fourth-order valence-corrected chi connectivity index (χ4v) is 5.42. The zero-order valence-electron chi connectivity index (χ0n) is 21.8. The Morgan fingerprint density at radius 1 is 1.17 bits per heavy atom. The normalized spacial score (nSPS) is 22.9. The van der Waals surface area contributed by atoms with Crippen molar-refractivity contribution in [3.63, 3.8) is 0 Å². The van der Waals surface area contributed by atoms with Gasteiger partial charge >= 0.3 is 0 Å². The minimum Gasteiger partial charge on any atom is -0.490 e. The first-order chi connectivity index (χ1) is 17.3. The summed E-state index contributed by atoms with van der Waals surface area (Å²) in [5.74, 6) is 0.437. The van der Waals surface area contributed by atoms with E-state index < -0.39 is 0 Å². The maximum Gasteiger partial charge on any atom is 0.229 e. The molecule has 1 aliphatic carbocycles. The molecule has 1 saturated carbocycles. The van der Waals surface area contributed by atoms with Gasteiger partial charge in [-0.05, 0) is 93.0 Å². The quantitative estimate of drug-likeness (QED) is 0.576. The number of nitrogens with zero attached hydrogens (tertiary/aromatic N) is 2. The van der Waals surface area contributed by atoms with Crippen LogP contribution in [-0.2, 0) is 17.8 Å². The Hall–Kier alpha value is -2.48. The summed E-state index contributed by atoms with van der Waals surface area (Å²) in [6.45, 7) is 8.33. The number of nitrogens with one attached hydrogen (secondary N) is 1. The van der Waals surface area contributed by atoms with Crippen LogP contribution >= 0.6 is 0 Å². The van der Waals surface area contributed by atoms with Crippen LogP contribution in [0.15, 0.2) is 36.4 Å². The molecule has 1 amide bonds. The summed E-state index contributed by atoms with van der Waals surface area (Å²) in [7, 11) is 1.87. The fourth-order valence-electron chi connectivity index (χ4n) is 5.42. The molecule has 0 radical (unpaired) electrons. The molecule has 1 saturated heterocycles. The number of piperazine rings is 1. The van der Waals surface area contributed by atoms with Crippen LogP contribution in [0.25, 0.3) is 0 Å². The second-order valence-corrected chi connectivity index (χ2v) is 10.4. The highest BCUT2D eigenvalue weighted by Crippen LogP contribution is 2.31. The largest absolute Gasteiger partial charge is 0.490 e. The fraction of sp³-hybridized carbons (Fsp3) is 0.552. The standard InChI is InChI=1S/C29H40FN3O3/c1-20-16-25(7-4-24(20)19-33-14-13-31-21(2)18-33)32(3)29(35)22-5-8-26(9-6-22)36-27-10-11-28(30)23(17-27)12-15-34/h4,7,10-11,16-17,21-22,26,31,34H,5-6,8-9,12-15,18-19H2,1-3H3/t21-,22?,26?/m0/s1. The third kappa shape index (κ3) is 6.64. The lowest BCUT2D eigenvalue weighted by molar-refractivity contribution is -0.123. The van der Waals surface area contributed by atoms with Crippen LogP contribution < -0.4 is 15.0 Å². The van der Waals surface area contributed by atoms with Crippen molar-refractivity contribution in [3.8, 4) is 5.75 Å². The van der Waals surface area contributed by atoms with Crippen LogP contribution in [0.1, 0.15) is 49.3 Å². The molecule has 2 aromatic rings. The third-order valence-electron chi connectivity index (χ3n) is 7.62. The number of aliphatic hydroxyl groups is 1. The van der Waals surface area contributed by atoms with E-state index in [1.807, 2.05) is 7.05 Å². The summed E-state index contributed by atoms with van der Waals surface area (Å²) in [6.07, 6.45) is 3.41. The van der Waals surface area contributed by atoms with Gasteiger partial charge < -0.3 is 20.1 Å². The first-order valence-electron chi connectivity index (χ1n) is 13.2. The highest BCUT2D eigenvalue weighted by atomic mass is 19.1. The van der Waals surface area contributed by atoms with Crippen molar-refractivity contribution >= 4 is 11.6 Å². The number of benzene rings is 2. The highest BCUT2D eigenvalue weighted by Gasteiger charge is 2.30. The Bertz CT molecular complexity index is 1040. The van der Waals surface area contributed by atoms with Gasteiger partial charge in [0.15, 0.2) is 0 Å². The minimum atomic E-state index is -0.324. The Morgan fingerprint density at radius 3 is 2.64 bits per heavy atom. The van der Waals surface area contributed by atoms with Gasteiger partial charge in [-0.2, -0.15) is 0 Å². The predicted octanol–water partition coefficient (Wildman–Crippen LogP) is 4.06. The van der Waals surface area contributed by atoms with Gasteiger partial charge in [0.05, 0.1) is 6.10 Å². The molecular formula is C29H40FN3O3. The summed E-state index contributed by atoms with van der Waals surface area (Å²) >= 11 is 0. The Labute approximate surface area is 214 Å². The minimum absolute atomic E-state index is 0.0148. The first-order valence-corrected chi connectivity index (χ1v) is 13.2. The van der Waals surface area contributed by atoms with Gasteiger partial charge in [-0.3, -0.25) is 9.69 Å². The predicted molar refractivity (Wildman–Crippen MR) is 141 cm³/mol. The summed E-state index contributed by atoms with van der Waals surface area (Å²) in [4.78, 5) is 17.6. The smallest absolute Gasteiger partial charge is 0.229 e. The van der Waals surface area contributed by atoms with E-state index in [0.29, 0.717) is 17.4 Å². The monoisotopic (exact) mass is 497 g/mol. The topological polar surface area (TPSA) is 65.0 Å². The summed E-state index contributed by atoms with van der Waals surface area (Å²) in [5.41, 5.74) is 3.94. The lowest BCUT2D eigenvalue weighted by Gasteiger charge is -2.32. The number of carbonyl (C=O) groups is 1. The molecule has 2 aliphatic rings. The highest BCUT2D eigenvalue weighted by molar-refractivity contribution is 5.94. The number of halogens is 1. The molecule has 2 N–H and O–H groups in total. The maximum atomic E-state index is 13.8. The van der Waals surface area contributed by atoms with E-state index in [2.05, 4.69) is 42.3 Å². The van der Waals surface area contributed by atoms with Crippen molar-refractivity contribution in [1.82, 2.24) is 10.2 Å². The van der Waals surface area contributed by atoms with Gasteiger partial charge in [0.1, 0.15) is 11.6 Å². The lowest BCUT2D eigenvalue weighted by atomic mass is 9.86. The number of aryl methyl sites for hydroxylation is 1. The molecule has 7 heteroatoms. The lowest BCUT2D eigenvalue weighted by Crippen LogP contribution is -2.48. The molecule has 0 unspecified atom stereocenters. The number of amides is 1. The second-order valence-electron chi connectivity index (χ2n) is 10.4. The van der Waals surface area contributed by atoms with Gasteiger partial charge in [0.2, 0.25) is 5.91 Å². The Kier molecular flexibility index (Phi) is 8.99. The number of ether oxygens (including phenoxy) is 1. The van der Waals surface area contributed by atoms with Crippen molar-refractivity contribution in [1.29, 1.82) is 0 Å². The van der Waals surface area contributed by atoms with E-state index in [1.165, 1.54) is 17.2 Å². The van der Waals surface area contributed by atoms with Crippen LogP contribution in [0, 0.1) is 18.7 Å². The zero-order chi connectivity index (χ0) is 25.7. The van der Waals surface area contributed by atoms with Crippen LogP contribution in [0.5, 0.6) is 5.75 Å². The van der Waals surface area contributed by atoms with E-state index in [4.69, 9.17) is 9.84 Å². The molecule has 1 aliphatic heterocycles. The van der Waals surface area contributed by atoms with Crippen molar-refractivity contribution in [2.24, 2.45) is 5.92 Å². The van der Waals surface area contributed by atoms with Gasteiger partial charge in [-0.1, -0.05) is 6.07 Å². The van der Waals surface area contributed by atoms with E-state index >= 15 is 0 Å². The van der Waals surface area contributed by atoms with Crippen LogP contribution in [0.2, 0.25) is 0 Å². The molecule has 6 nitrogen and oxygen atoms in total. The summed E-state index contributed by atoms with van der Waals surface area (Å²) in [6, 6.07) is 11.6. The molecule has 1 heterocycles. The zero-order valence-corrected chi connectivity index (χ0v) is 21.8. The molecule has 1 atom stereocenters. The molecule has 36 heavy (non-hydrogen) atoms. The van der Waals surface area contributed by atoms with Crippen molar-refractivity contribution in [2.75, 3.05) is 38.2 Å². The van der Waals surface area contributed by atoms with Crippen molar-refractivity contribution in [2.45, 2.75) is 64.6 Å². The molecule has 0 spiro atoms. The van der Waals surface area contributed by atoms with Crippen LogP contribution in [-0.4, -0.2) is 61.3 Å². The van der Waals surface area contributed by atoms with Crippen LogP contribution in [0.4, 0.5) is 10.1 Å². The number of rotatable bonds is 8. The number of aliphatic hydroxyl groups excluding tert-OH is 1. The molecule has 2 aromatic carbocycles. The van der Waals surface area contributed by atoms with Crippen LogP contribution in [0.3, 0.4) is 0 Å². The summed E-state index contributed by atoms with van der Waals surface area (Å²) < 4.78 is 19.9. The Morgan fingerprint density at radius 2 is 1.94 bits per heavy atom. The molecule has 0 aromatic heterocycles. The van der Waals surface area contributed by atoms with E-state index in [9.17, 15) is 9.18 Å². The first kappa shape index (κ1) is 26.6. The number of carbonyl (C=O) groups excluding carboxylic acids is 1. The van der Waals surface area contributed by atoms with E-state index in [1.54, 1.807) is 17.0 Å². The average Bonchev–Trinajstić information content (AvgIpc) is 2.87. The number of hydrogen-bond acceptors (Lipinski definition) is 5. The molecule has 196 valence electrons. The number of hydrogen-bond donors (Lipinski definition) is 2. The molecular weight excluding hydrogens is 457 g/mol. The summed E-state index contributed by atoms with van der Waals surface area (Å²) in [5, 5.41) is 12.6. The van der Waals surface area contributed by atoms with Gasteiger partial charge in [0, 0.05) is 57.5 Å². The van der Waals surface area contributed by atoms with Gasteiger partial charge in [-0.15, -0.1) is 0 Å². The molecule has 0 bridgehead atoms. The molecule has 4 rings (SSSR count). The van der Waals surface area contributed by atoms with Crippen molar-refractivity contribution in [3.05, 3.63) is 58.9 Å². The Balaban J connectivity index is 1.30. The van der Waals surface area contributed by atoms with E-state index in [0.717, 1.165) is 57.5 Å². The maximum absolute atomic E-state index is 13.8.